The monoisotopic (exact) mass is 390 g/mol. The Balaban J connectivity index is 2.17. The first-order valence-electron chi connectivity index (χ1n) is 8.71. The summed E-state index contributed by atoms with van der Waals surface area (Å²) in [6.07, 6.45) is 7.39. The molecule has 1 aromatic carbocycles. The van der Waals surface area contributed by atoms with Crippen molar-refractivity contribution in [1.82, 2.24) is 20.2 Å². The maximum absolute atomic E-state index is 12.4. The Kier molecular flexibility index (Phi) is 5.41. The summed E-state index contributed by atoms with van der Waals surface area (Å²) in [7, 11) is -2.18. The Morgan fingerprint density at radius 2 is 2.00 bits per heavy atom. The van der Waals surface area contributed by atoms with Gasteiger partial charge >= 0.3 is 5.97 Å². The molecule has 1 heterocycles. The molecule has 3 rings (SSSR count). The van der Waals surface area contributed by atoms with Gasteiger partial charge in [-0.1, -0.05) is 25.0 Å². The molecule has 0 aliphatic heterocycles. The summed E-state index contributed by atoms with van der Waals surface area (Å²) in [5.41, 5.74) is 1.31. The molecule has 0 radical (unpaired) electrons. The van der Waals surface area contributed by atoms with E-state index in [9.17, 15) is 13.2 Å². The smallest absolute Gasteiger partial charge is 0.338 e. The maximum Gasteiger partial charge on any atom is 0.338 e. The second-order valence-corrected chi connectivity index (χ2v) is 8.69. The number of tetrazole rings is 1. The third-order valence-electron chi connectivity index (χ3n) is 4.73. The van der Waals surface area contributed by atoms with Gasteiger partial charge in [0.25, 0.3) is 0 Å². The van der Waals surface area contributed by atoms with Crippen molar-refractivity contribution in [2.45, 2.75) is 37.5 Å². The van der Waals surface area contributed by atoms with E-state index in [1.54, 1.807) is 19.1 Å². The molecule has 2 aromatic rings. The quantitative estimate of drug-likeness (QED) is 0.569. The van der Waals surface area contributed by atoms with Crippen LogP contribution in [0.25, 0.3) is 11.3 Å². The van der Waals surface area contributed by atoms with Crippen LogP contribution in [0.2, 0.25) is 0 Å². The zero-order chi connectivity index (χ0) is 19.6. The van der Waals surface area contributed by atoms with Crippen LogP contribution in [-0.4, -0.2) is 48.0 Å². The molecule has 1 fully saturated rings. The Labute approximate surface area is 158 Å². The molecule has 1 aliphatic rings. The summed E-state index contributed by atoms with van der Waals surface area (Å²) in [6, 6.07) is 4.72. The predicted molar refractivity (Wildman–Crippen MR) is 99.0 cm³/mol. The number of hydrogen-bond acceptors (Lipinski definition) is 7. The molecule has 27 heavy (non-hydrogen) atoms. The summed E-state index contributed by atoms with van der Waals surface area (Å²) in [6.45, 7) is 1.67. The van der Waals surface area contributed by atoms with Gasteiger partial charge in [-0.2, -0.15) is 4.68 Å². The van der Waals surface area contributed by atoms with E-state index in [0.29, 0.717) is 28.6 Å². The summed E-state index contributed by atoms with van der Waals surface area (Å²) in [4.78, 5) is 12.5. The molecule has 1 saturated carbocycles. The molecule has 0 bridgehead atoms. The van der Waals surface area contributed by atoms with Gasteiger partial charge < -0.3 is 4.74 Å². The molecule has 0 spiro atoms. The Hall–Kier alpha value is -2.55. The van der Waals surface area contributed by atoms with E-state index in [1.165, 1.54) is 17.9 Å². The largest absolute Gasteiger partial charge is 0.465 e. The average molecular weight is 390 g/mol. The van der Waals surface area contributed by atoms with Gasteiger partial charge in [-0.15, -0.1) is 5.10 Å². The van der Waals surface area contributed by atoms with Crippen molar-refractivity contribution in [1.29, 1.82) is 0 Å². The minimum atomic E-state index is -3.52. The number of allylic oxidation sites excluding steroid dienone is 1. The summed E-state index contributed by atoms with van der Waals surface area (Å²) in [5, 5.41) is 11.3. The normalized spacial score (nSPS) is 15.9. The highest BCUT2D eigenvalue weighted by atomic mass is 32.2. The van der Waals surface area contributed by atoms with Gasteiger partial charge in [0, 0.05) is 6.26 Å². The number of methoxy groups -OCH3 is 1. The lowest BCUT2D eigenvalue weighted by molar-refractivity contribution is -0.133. The van der Waals surface area contributed by atoms with Gasteiger partial charge in [-0.05, 0) is 53.8 Å². The van der Waals surface area contributed by atoms with Crippen LogP contribution in [-0.2, 0) is 19.4 Å². The van der Waals surface area contributed by atoms with Gasteiger partial charge in [0.15, 0.2) is 15.7 Å². The highest BCUT2D eigenvalue weighted by molar-refractivity contribution is 7.90. The number of esters is 1. The van der Waals surface area contributed by atoms with E-state index >= 15 is 0 Å². The molecule has 0 atom stereocenters. The average Bonchev–Trinajstić information content (AvgIpc) is 3.29. The van der Waals surface area contributed by atoms with E-state index in [2.05, 4.69) is 15.5 Å². The molecule has 144 valence electrons. The number of hydrogen-bond donors (Lipinski definition) is 0. The Bertz CT molecular complexity index is 989. The van der Waals surface area contributed by atoms with Crippen LogP contribution >= 0.6 is 0 Å². The highest BCUT2D eigenvalue weighted by Gasteiger charge is 2.23. The van der Waals surface area contributed by atoms with Crippen molar-refractivity contribution in [2.75, 3.05) is 13.4 Å². The molecule has 1 aliphatic carbocycles. The minimum Gasteiger partial charge on any atom is -0.465 e. The lowest BCUT2D eigenvalue weighted by atomic mass is 9.98. The van der Waals surface area contributed by atoms with Crippen LogP contribution in [0.5, 0.6) is 0 Å². The number of ether oxygens (including phenoxy) is 1. The van der Waals surface area contributed by atoms with Crippen molar-refractivity contribution >= 4 is 21.4 Å². The van der Waals surface area contributed by atoms with Crippen LogP contribution in [0.15, 0.2) is 29.2 Å². The molecule has 1 aromatic heterocycles. The summed E-state index contributed by atoms with van der Waals surface area (Å²) < 4.78 is 30.8. The van der Waals surface area contributed by atoms with Gasteiger partial charge in [0.2, 0.25) is 0 Å². The van der Waals surface area contributed by atoms with Gasteiger partial charge in [-0.25, -0.2) is 13.2 Å². The van der Waals surface area contributed by atoms with Crippen LogP contribution < -0.4 is 0 Å². The second-order valence-electron chi connectivity index (χ2n) is 6.71. The minimum absolute atomic E-state index is 0.0896. The lowest BCUT2D eigenvalue weighted by Gasteiger charge is -2.13. The van der Waals surface area contributed by atoms with Crippen molar-refractivity contribution in [2.24, 2.45) is 5.92 Å². The Morgan fingerprint density at radius 1 is 1.30 bits per heavy atom. The van der Waals surface area contributed by atoms with Crippen molar-refractivity contribution in [3.63, 3.8) is 0 Å². The first-order valence-corrected chi connectivity index (χ1v) is 10.6. The van der Waals surface area contributed by atoms with Crippen LogP contribution in [0.1, 0.15) is 37.1 Å². The first-order chi connectivity index (χ1) is 12.8. The third-order valence-corrected chi connectivity index (χ3v) is 5.87. The molecular formula is C18H22N4O4S. The standard InChI is InChI=1S/C18H22N4O4S/c1-12-19-20-21-22(12)16-11-14(8-9-17(16)27(3,24)25)15(18(23)26-2)10-13-6-4-5-7-13/h8-11,13H,4-7H2,1-3H3/b15-10+. The van der Waals surface area contributed by atoms with Crippen molar-refractivity contribution < 1.29 is 17.9 Å². The van der Waals surface area contributed by atoms with E-state index < -0.39 is 15.8 Å². The zero-order valence-electron chi connectivity index (χ0n) is 15.5. The van der Waals surface area contributed by atoms with Crippen molar-refractivity contribution in [3.05, 3.63) is 35.7 Å². The van der Waals surface area contributed by atoms with E-state index in [-0.39, 0.29) is 4.90 Å². The number of carbonyl (C=O) groups excluding carboxylic acids is 1. The van der Waals surface area contributed by atoms with Gasteiger partial charge in [0.1, 0.15) is 0 Å². The third kappa shape index (κ3) is 4.08. The SMILES string of the molecule is COC(=O)/C(=C/C1CCCC1)c1ccc(S(C)(=O)=O)c(-n2nnnc2C)c1. The fourth-order valence-corrected chi connectivity index (χ4v) is 4.21. The molecule has 8 nitrogen and oxygen atoms in total. The Morgan fingerprint density at radius 3 is 2.56 bits per heavy atom. The molecule has 9 heteroatoms. The number of nitrogens with zero attached hydrogens (tertiary/aromatic N) is 4. The predicted octanol–water partition coefficient (Wildman–Crippen LogP) is 2.12. The number of carbonyl (C=O) groups is 1. The number of rotatable bonds is 5. The topological polar surface area (TPSA) is 104 Å². The summed E-state index contributed by atoms with van der Waals surface area (Å²) >= 11 is 0. The van der Waals surface area contributed by atoms with Crippen LogP contribution in [0.3, 0.4) is 0 Å². The van der Waals surface area contributed by atoms with Gasteiger partial charge in [-0.3, -0.25) is 0 Å². The van der Waals surface area contributed by atoms with E-state index in [0.717, 1.165) is 31.9 Å². The molecular weight excluding hydrogens is 368 g/mol. The fourth-order valence-electron chi connectivity index (χ4n) is 3.37. The number of aromatic nitrogens is 4. The first kappa shape index (κ1) is 19.2. The van der Waals surface area contributed by atoms with Crippen LogP contribution in [0.4, 0.5) is 0 Å². The van der Waals surface area contributed by atoms with Crippen molar-refractivity contribution in [3.8, 4) is 5.69 Å². The summed E-state index contributed by atoms with van der Waals surface area (Å²) in [5.74, 6) is 0.303. The highest BCUT2D eigenvalue weighted by Crippen LogP contribution is 2.31. The zero-order valence-corrected chi connectivity index (χ0v) is 16.4. The number of aryl methyl sites for hydroxylation is 1. The van der Waals surface area contributed by atoms with E-state index in [1.807, 2.05) is 6.08 Å². The molecule has 0 saturated heterocycles. The molecule has 0 N–H and O–H groups in total. The van der Waals surface area contributed by atoms with E-state index in [4.69, 9.17) is 4.74 Å². The lowest BCUT2D eigenvalue weighted by Crippen LogP contribution is -2.11. The number of benzene rings is 1. The van der Waals surface area contributed by atoms with Gasteiger partial charge in [0.05, 0.1) is 23.3 Å². The maximum atomic E-state index is 12.4. The fraction of sp³-hybridized carbons (Fsp3) is 0.444. The number of sulfone groups is 1. The molecule has 0 unspecified atom stereocenters. The second kappa shape index (κ2) is 7.59. The molecule has 0 amide bonds. The van der Waals surface area contributed by atoms with Crippen LogP contribution in [0, 0.1) is 12.8 Å².